The Morgan fingerprint density at radius 2 is 2.50 bits per heavy atom. The molecule has 3 rings (SSSR count). The Morgan fingerprint density at radius 1 is 1.57 bits per heavy atom. The van der Waals surface area contributed by atoms with Crippen LogP contribution in [0.3, 0.4) is 0 Å². The Kier molecular flexibility index (Phi) is 1.64. The summed E-state index contributed by atoms with van der Waals surface area (Å²) in [6.07, 6.45) is 5.10. The number of morpholine rings is 1. The molecular weight excluding hydrogens is 178 g/mol. The number of hydrogen-bond donors (Lipinski definition) is 1. The smallest absolute Gasteiger partial charge is 0.0790 e. The average molecular weight is 191 g/mol. The van der Waals surface area contributed by atoms with Gasteiger partial charge in [-0.3, -0.25) is 4.98 Å². The Labute approximate surface area is 82.7 Å². The standard InChI is InChI=1S/C10H13N3O/c11-9-1-2-12-4-10(9)13-5-8-3-7(13)6-14-8/h1-2,4,7-8H,3,5-6H2,(H2,11,12). The van der Waals surface area contributed by atoms with Crippen LogP contribution in [0.4, 0.5) is 11.4 Å². The predicted octanol–water partition coefficient (Wildman–Crippen LogP) is 0.641. The lowest BCUT2D eigenvalue weighted by Gasteiger charge is -2.29. The molecule has 2 unspecified atom stereocenters. The molecule has 4 heteroatoms. The van der Waals surface area contributed by atoms with E-state index in [1.807, 2.05) is 12.3 Å². The Bertz CT molecular complexity index is 355. The van der Waals surface area contributed by atoms with Crippen LogP contribution in [0.5, 0.6) is 0 Å². The molecule has 3 heterocycles. The lowest BCUT2D eigenvalue weighted by molar-refractivity contribution is 0.0991. The molecule has 4 nitrogen and oxygen atoms in total. The predicted molar refractivity (Wildman–Crippen MR) is 54.1 cm³/mol. The van der Waals surface area contributed by atoms with Gasteiger partial charge in [-0.1, -0.05) is 0 Å². The molecule has 0 aromatic carbocycles. The molecule has 2 saturated heterocycles. The van der Waals surface area contributed by atoms with Gasteiger partial charge >= 0.3 is 0 Å². The number of rotatable bonds is 1. The van der Waals surface area contributed by atoms with Gasteiger partial charge in [-0.25, -0.2) is 0 Å². The van der Waals surface area contributed by atoms with E-state index in [4.69, 9.17) is 10.5 Å². The van der Waals surface area contributed by atoms with Crippen LogP contribution in [-0.2, 0) is 4.74 Å². The van der Waals surface area contributed by atoms with E-state index in [2.05, 4.69) is 9.88 Å². The molecule has 2 fully saturated rings. The number of hydrogen-bond acceptors (Lipinski definition) is 4. The minimum absolute atomic E-state index is 0.402. The third-order valence-corrected chi connectivity index (χ3v) is 3.04. The molecule has 2 aliphatic heterocycles. The zero-order valence-electron chi connectivity index (χ0n) is 7.89. The van der Waals surface area contributed by atoms with Crippen LogP contribution in [0, 0.1) is 0 Å². The van der Waals surface area contributed by atoms with E-state index in [0.717, 1.165) is 30.9 Å². The highest BCUT2D eigenvalue weighted by Gasteiger charge is 2.39. The summed E-state index contributed by atoms with van der Waals surface area (Å²) in [6.45, 7) is 1.79. The number of ether oxygens (including phenoxy) is 1. The highest BCUT2D eigenvalue weighted by atomic mass is 16.5. The molecule has 2 N–H and O–H groups in total. The summed E-state index contributed by atoms with van der Waals surface area (Å²) in [5.41, 5.74) is 7.78. The molecule has 14 heavy (non-hydrogen) atoms. The number of fused-ring (bicyclic) bond motifs is 2. The number of pyridine rings is 1. The molecule has 1 aromatic heterocycles. The molecule has 0 radical (unpaired) electrons. The van der Waals surface area contributed by atoms with E-state index in [1.165, 1.54) is 0 Å². The van der Waals surface area contributed by atoms with E-state index in [9.17, 15) is 0 Å². The highest BCUT2D eigenvalue weighted by Crippen LogP contribution is 2.34. The van der Waals surface area contributed by atoms with Crippen molar-refractivity contribution in [1.29, 1.82) is 0 Å². The first-order valence-electron chi connectivity index (χ1n) is 4.92. The summed E-state index contributed by atoms with van der Waals surface area (Å²) in [5, 5.41) is 0. The van der Waals surface area contributed by atoms with E-state index >= 15 is 0 Å². The lowest BCUT2D eigenvalue weighted by Crippen LogP contribution is -2.37. The van der Waals surface area contributed by atoms with Crippen LogP contribution in [-0.4, -0.2) is 30.3 Å². The molecule has 0 spiro atoms. The van der Waals surface area contributed by atoms with E-state index in [1.54, 1.807) is 6.20 Å². The fourth-order valence-corrected chi connectivity index (χ4v) is 2.33. The summed E-state index contributed by atoms with van der Waals surface area (Å²) >= 11 is 0. The number of nitrogen functional groups attached to an aromatic ring is 1. The topological polar surface area (TPSA) is 51.4 Å². The highest BCUT2D eigenvalue weighted by molar-refractivity contribution is 5.67. The molecule has 2 atom stereocenters. The summed E-state index contributed by atoms with van der Waals surface area (Å²) in [4.78, 5) is 6.43. The molecular formula is C10H13N3O. The van der Waals surface area contributed by atoms with Gasteiger partial charge in [0.1, 0.15) is 0 Å². The van der Waals surface area contributed by atoms with Gasteiger partial charge < -0.3 is 15.4 Å². The number of anilines is 2. The van der Waals surface area contributed by atoms with Crippen molar-refractivity contribution in [2.24, 2.45) is 0 Å². The maximum Gasteiger partial charge on any atom is 0.0790 e. The molecule has 0 saturated carbocycles. The third-order valence-electron chi connectivity index (χ3n) is 3.04. The maximum atomic E-state index is 5.91. The monoisotopic (exact) mass is 191 g/mol. The van der Waals surface area contributed by atoms with Gasteiger partial charge in [0.25, 0.3) is 0 Å². The van der Waals surface area contributed by atoms with Gasteiger partial charge in [0, 0.05) is 12.7 Å². The first-order valence-corrected chi connectivity index (χ1v) is 4.92. The lowest BCUT2D eigenvalue weighted by atomic mass is 10.2. The van der Waals surface area contributed by atoms with Crippen LogP contribution in [0.15, 0.2) is 18.5 Å². The van der Waals surface area contributed by atoms with Crippen molar-refractivity contribution >= 4 is 11.4 Å². The number of nitrogens with two attached hydrogens (primary N) is 1. The van der Waals surface area contributed by atoms with Crippen molar-refractivity contribution in [2.45, 2.75) is 18.6 Å². The normalized spacial score (nSPS) is 29.9. The van der Waals surface area contributed by atoms with E-state index in [-0.39, 0.29) is 0 Å². The average Bonchev–Trinajstić information content (AvgIpc) is 2.79. The van der Waals surface area contributed by atoms with Crippen LogP contribution in [0.25, 0.3) is 0 Å². The fraction of sp³-hybridized carbons (Fsp3) is 0.500. The molecule has 0 amide bonds. The zero-order valence-corrected chi connectivity index (χ0v) is 7.89. The van der Waals surface area contributed by atoms with Crippen molar-refractivity contribution in [3.63, 3.8) is 0 Å². The van der Waals surface area contributed by atoms with Crippen molar-refractivity contribution < 1.29 is 4.74 Å². The van der Waals surface area contributed by atoms with E-state index < -0.39 is 0 Å². The van der Waals surface area contributed by atoms with Crippen molar-refractivity contribution in [3.8, 4) is 0 Å². The molecule has 2 aliphatic rings. The zero-order chi connectivity index (χ0) is 9.54. The Morgan fingerprint density at radius 3 is 3.14 bits per heavy atom. The first-order chi connectivity index (χ1) is 6.84. The van der Waals surface area contributed by atoms with Gasteiger partial charge in [-0.2, -0.15) is 0 Å². The van der Waals surface area contributed by atoms with Gasteiger partial charge in [-0.05, 0) is 12.5 Å². The summed E-state index contributed by atoms with van der Waals surface area (Å²) in [5.74, 6) is 0. The summed E-state index contributed by atoms with van der Waals surface area (Å²) in [7, 11) is 0. The quantitative estimate of drug-likeness (QED) is 0.707. The van der Waals surface area contributed by atoms with Crippen molar-refractivity contribution in [1.82, 2.24) is 4.98 Å². The fourth-order valence-electron chi connectivity index (χ4n) is 2.33. The molecule has 74 valence electrons. The molecule has 2 bridgehead atoms. The maximum absolute atomic E-state index is 5.91. The molecule has 1 aromatic rings. The first kappa shape index (κ1) is 8.05. The number of aromatic nitrogens is 1. The van der Waals surface area contributed by atoms with Gasteiger partial charge in [-0.15, -0.1) is 0 Å². The Balaban J connectivity index is 1.93. The van der Waals surface area contributed by atoms with Gasteiger partial charge in [0.15, 0.2) is 0 Å². The molecule has 0 aliphatic carbocycles. The largest absolute Gasteiger partial charge is 0.397 e. The second-order valence-electron chi connectivity index (χ2n) is 3.93. The van der Waals surface area contributed by atoms with Gasteiger partial charge in [0.05, 0.1) is 36.3 Å². The SMILES string of the molecule is Nc1ccncc1N1CC2CC1CO2. The second-order valence-corrected chi connectivity index (χ2v) is 3.93. The summed E-state index contributed by atoms with van der Waals surface area (Å²) < 4.78 is 5.54. The van der Waals surface area contributed by atoms with Crippen LogP contribution >= 0.6 is 0 Å². The number of nitrogens with zero attached hydrogens (tertiary/aromatic N) is 2. The van der Waals surface area contributed by atoms with Crippen LogP contribution < -0.4 is 10.6 Å². The van der Waals surface area contributed by atoms with Crippen LogP contribution in [0.2, 0.25) is 0 Å². The minimum atomic E-state index is 0.402. The van der Waals surface area contributed by atoms with Crippen molar-refractivity contribution in [3.05, 3.63) is 18.5 Å². The van der Waals surface area contributed by atoms with Gasteiger partial charge in [0.2, 0.25) is 0 Å². The van der Waals surface area contributed by atoms with Crippen molar-refractivity contribution in [2.75, 3.05) is 23.8 Å². The van der Waals surface area contributed by atoms with Crippen LogP contribution in [0.1, 0.15) is 6.42 Å². The summed E-state index contributed by atoms with van der Waals surface area (Å²) in [6, 6.07) is 2.36. The third kappa shape index (κ3) is 1.07. The second kappa shape index (κ2) is 2.85. The minimum Gasteiger partial charge on any atom is -0.397 e. The Hall–Kier alpha value is -1.29. The van der Waals surface area contributed by atoms with E-state index in [0.29, 0.717) is 12.1 Å².